The van der Waals surface area contributed by atoms with Gasteiger partial charge in [-0.15, -0.1) is 0 Å². The Morgan fingerprint density at radius 3 is 3.00 bits per heavy atom. The molecule has 0 spiro atoms. The number of aliphatic imine (C=N–C) groups is 1. The fourth-order valence-corrected chi connectivity index (χ4v) is 0.819. The van der Waals surface area contributed by atoms with Crippen molar-refractivity contribution in [1.29, 1.82) is 0 Å². The van der Waals surface area contributed by atoms with Crippen molar-refractivity contribution in [1.82, 2.24) is 0 Å². The lowest BCUT2D eigenvalue weighted by Gasteiger charge is -1.73. The summed E-state index contributed by atoms with van der Waals surface area (Å²) < 4.78 is 0.606. The summed E-state index contributed by atoms with van der Waals surface area (Å²) in [5.74, 6) is 0.818. The zero-order chi connectivity index (χ0) is 4.41. The maximum atomic E-state index is 5.36. The normalized spacial score (nSPS) is 21.2. The van der Waals surface area contributed by atoms with Crippen molar-refractivity contribution >= 4 is 27.9 Å². The smallest absolute Gasteiger partial charge is 0.158 e. The van der Waals surface area contributed by atoms with Gasteiger partial charge in [0.25, 0.3) is 0 Å². The van der Waals surface area contributed by atoms with E-state index in [1.165, 1.54) is 11.8 Å². The molecule has 1 heterocycles. The van der Waals surface area contributed by atoms with Gasteiger partial charge in [0, 0.05) is 5.75 Å². The molecule has 0 aliphatic carbocycles. The molecule has 1 aliphatic heterocycles. The van der Waals surface area contributed by atoms with E-state index < -0.39 is 0 Å². The summed E-state index contributed by atoms with van der Waals surface area (Å²) in [7, 11) is 0. The van der Waals surface area contributed by atoms with Gasteiger partial charge in [-0.25, -0.2) is 0 Å². The molecule has 0 aromatic heterocycles. The van der Waals surface area contributed by atoms with E-state index in [4.69, 9.17) is 11.6 Å². The minimum atomic E-state index is 0.606. The van der Waals surface area contributed by atoms with Gasteiger partial charge in [-0.1, -0.05) is 23.4 Å². The standard InChI is InChI=1S/C3H2ClNS/c4-3-5-1-2-6-3/h2H2. The van der Waals surface area contributed by atoms with E-state index in [9.17, 15) is 0 Å². The number of thioether (sulfide) groups is 1. The number of rotatable bonds is 0. The molecule has 0 saturated carbocycles. The highest BCUT2D eigenvalue weighted by Crippen LogP contribution is 2.16. The molecular weight excluding hydrogens is 118 g/mol. The lowest BCUT2D eigenvalue weighted by atomic mass is 10.8. The predicted octanol–water partition coefficient (Wildman–Crippen LogP) is 1.37. The van der Waals surface area contributed by atoms with Crippen LogP contribution in [0.25, 0.3) is 0 Å². The fraction of sp³-hybridized carbons (Fsp3) is 0.333. The molecule has 1 rings (SSSR count). The van der Waals surface area contributed by atoms with E-state index in [0.717, 1.165) is 5.75 Å². The highest BCUT2D eigenvalue weighted by Gasteiger charge is 2.01. The number of nitrogens with zero attached hydrogens (tertiary/aromatic N) is 1. The monoisotopic (exact) mass is 119 g/mol. The van der Waals surface area contributed by atoms with Crippen LogP contribution in [0.4, 0.5) is 0 Å². The maximum absolute atomic E-state index is 5.36. The molecule has 0 amide bonds. The van der Waals surface area contributed by atoms with Crippen molar-refractivity contribution in [3.8, 4) is 0 Å². The van der Waals surface area contributed by atoms with Crippen molar-refractivity contribution < 1.29 is 0 Å². The molecular formula is C3H2ClNS. The van der Waals surface area contributed by atoms with Gasteiger partial charge in [-0.3, -0.25) is 4.99 Å². The summed E-state index contributed by atoms with van der Waals surface area (Å²) in [6.45, 7) is 2.69. The summed E-state index contributed by atoms with van der Waals surface area (Å²) in [4.78, 5) is 3.63. The van der Waals surface area contributed by atoms with Crippen LogP contribution in [0.1, 0.15) is 0 Å². The van der Waals surface area contributed by atoms with E-state index in [-0.39, 0.29) is 0 Å². The third-order valence-corrected chi connectivity index (χ3v) is 1.44. The topological polar surface area (TPSA) is 12.4 Å². The Hall–Kier alpha value is 0.310. The first kappa shape index (κ1) is 4.47. The van der Waals surface area contributed by atoms with Crippen molar-refractivity contribution in [2.75, 3.05) is 5.75 Å². The molecule has 0 aromatic carbocycles. The lowest BCUT2D eigenvalue weighted by Crippen LogP contribution is -1.63. The molecule has 0 unspecified atom stereocenters. The highest BCUT2D eigenvalue weighted by molar-refractivity contribution is 8.17. The molecule has 0 atom stereocenters. The second kappa shape index (κ2) is 1.85. The number of hydrogen-bond donors (Lipinski definition) is 0. The lowest BCUT2D eigenvalue weighted by molar-refractivity contribution is 1.37. The zero-order valence-electron chi connectivity index (χ0n) is 2.94. The summed E-state index contributed by atoms with van der Waals surface area (Å²) in [5.41, 5.74) is 0. The summed E-state index contributed by atoms with van der Waals surface area (Å²) >= 11 is 6.86. The second-order valence-corrected chi connectivity index (χ2v) is 2.36. The van der Waals surface area contributed by atoms with Gasteiger partial charge in [0.1, 0.15) is 6.54 Å². The van der Waals surface area contributed by atoms with Gasteiger partial charge in [0.15, 0.2) is 4.50 Å². The highest BCUT2D eigenvalue weighted by atomic mass is 35.5. The number of halogens is 1. The average molecular weight is 120 g/mol. The first-order valence-electron chi connectivity index (χ1n) is 1.48. The van der Waals surface area contributed by atoms with Gasteiger partial charge in [-0.2, -0.15) is 0 Å². The molecule has 0 saturated heterocycles. The van der Waals surface area contributed by atoms with E-state index in [2.05, 4.69) is 11.5 Å². The van der Waals surface area contributed by atoms with E-state index in [0.29, 0.717) is 4.50 Å². The van der Waals surface area contributed by atoms with Crippen LogP contribution in [-0.2, 0) is 0 Å². The molecule has 0 N–H and O–H groups in total. The van der Waals surface area contributed by atoms with Crippen LogP contribution in [0.5, 0.6) is 0 Å². The number of hydrogen-bond acceptors (Lipinski definition) is 2. The quantitative estimate of drug-likeness (QED) is 0.469. The van der Waals surface area contributed by atoms with E-state index in [1.807, 2.05) is 0 Å². The first-order valence-corrected chi connectivity index (χ1v) is 2.85. The molecule has 32 valence electrons. The van der Waals surface area contributed by atoms with Crippen molar-refractivity contribution in [2.24, 2.45) is 4.99 Å². The van der Waals surface area contributed by atoms with Crippen LogP contribution in [0, 0.1) is 6.54 Å². The molecule has 1 nitrogen and oxygen atoms in total. The van der Waals surface area contributed by atoms with Crippen LogP contribution in [0.15, 0.2) is 4.99 Å². The van der Waals surface area contributed by atoms with Crippen molar-refractivity contribution in [3.63, 3.8) is 0 Å². The molecule has 6 heavy (non-hydrogen) atoms. The van der Waals surface area contributed by atoms with Crippen molar-refractivity contribution in [3.05, 3.63) is 6.54 Å². The first-order chi connectivity index (χ1) is 2.89. The minimum absolute atomic E-state index is 0.606. The Morgan fingerprint density at radius 2 is 2.83 bits per heavy atom. The Morgan fingerprint density at radius 1 is 2.00 bits per heavy atom. The van der Waals surface area contributed by atoms with Gasteiger partial charge in [0.05, 0.1) is 0 Å². The van der Waals surface area contributed by atoms with E-state index >= 15 is 0 Å². The molecule has 1 aliphatic rings. The summed E-state index contributed by atoms with van der Waals surface area (Å²) in [6, 6.07) is 0. The molecule has 3 heteroatoms. The van der Waals surface area contributed by atoms with Gasteiger partial charge in [0.2, 0.25) is 0 Å². The van der Waals surface area contributed by atoms with Gasteiger partial charge >= 0.3 is 0 Å². The predicted molar refractivity (Wildman–Crippen MR) is 29.0 cm³/mol. The zero-order valence-corrected chi connectivity index (χ0v) is 4.51. The second-order valence-electron chi connectivity index (χ2n) is 0.812. The average Bonchev–Trinajstić information content (AvgIpc) is 1.86. The molecule has 2 radical (unpaired) electrons. The van der Waals surface area contributed by atoms with Gasteiger partial charge < -0.3 is 0 Å². The third kappa shape index (κ3) is 0.884. The van der Waals surface area contributed by atoms with E-state index in [1.54, 1.807) is 0 Å². The van der Waals surface area contributed by atoms with Crippen LogP contribution in [0.3, 0.4) is 0 Å². The van der Waals surface area contributed by atoms with Crippen LogP contribution < -0.4 is 0 Å². The Bertz CT molecular complexity index is 80.9. The summed E-state index contributed by atoms with van der Waals surface area (Å²) in [6.07, 6.45) is 0. The SMILES string of the molecule is ClC1=N[C]CS1. The van der Waals surface area contributed by atoms with Crippen molar-refractivity contribution in [2.45, 2.75) is 0 Å². The summed E-state index contributed by atoms with van der Waals surface area (Å²) in [5, 5.41) is 0. The van der Waals surface area contributed by atoms with Crippen LogP contribution in [-0.4, -0.2) is 10.3 Å². The molecule has 0 bridgehead atoms. The maximum Gasteiger partial charge on any atom is 0.158 e. The van der Waals surface area contributed by atoms with Gasteiger partial charge in [-0.05, 0) is 0 Å². The minimum Gasteiger partial charge on any atom is -0.254 e. The van der Waals surface area contributed by atoms with Crippen LogP contribution >= 0.6 is 23.4 Å². The largest absolute Gasteiger partial charge is 0.254 e. The Balaban J connectivity index is 2.45. The Labute approximate surface area is 45.8 Å². The third-order valence-electron chi connectivity index (χ3n) is 0.423. The Kier molecular flexibility index (Phi) is 1.37. The molecule has 0 aromatic rings. The van der Waals surface area contributed by atoms with Crippen LogP contribution in [0.2, 0.25) is 0 Å². The molecule has 0 fully saturated rings. The fourth-order valence-electron chi connectivity index (χ4n) is 0.219.